The Morgan fingerprint density at radius 1 is 1.24 bits per heavy atom. The van der Waals surface area contributed by atoms with Crippen molar-refractivity contribution in [1.29, 1.82) is 0 Å². The number of nitrogens with zero attached hydrogens (tertiary/aromatic N) is 1. The van der Waals surface area contributed by atoms with Gasteiger partial charge in [0.25, 0.3) is 0 Å². The molecule has 1 heterocycles. The molecule has 17 heavy (non-hydrogen) atoms. The van der Waals surface area contributed by atoms with E-state index in [1.54, 1.807) is 0 Å². The number of rotatable bonds is 1. The summed E-state index contributed by atoms with van der Waals surface area (Å²) in [5.74, 6) is -3.11. The van der Waals surface area contributed by atoms with E-state index in [0.29, 0.717) is 12.7 Å². The predicted octanol–water partition coefficient (Wildman–Crippen LogP) is 2.97. The SMILES string of the molecule is Cc1c(F)c(F)cc(F)c1C1=NC(C)(C)CO1. The normalized spacial score (nSPS) is 17.9. The molecular formula is C12H12F3NO. The number of hydrogen-bond acceptors (Lipinski definition) is 2. The van der Waals surface area contributed by atoms with Crippen LogP contribution in [0.3, 0.4) is 0 Å². The number of halogens is 3. The Morgan fingerprint density at radius 3 is 2.41 bits per heavy atom. The summed E-state index contributed by atoms with van der Waals surface area (Å²) in [5.41, 5.74) is -0.701. The lowest BCUT2D eigenvalue weighted by molar-refractivity contribution is 0.278. The van der Waals surface area contributed by atoms with E-state index in [9.17, 15) is 13.2 Å². The average Bonchev–Trinajstić information content (AvgIpc) is 2.55. The van der Waals surface area contributed by atoms with Crippen LogP contribution in [0.15, 0.2) is 11.1 Å². The fourth-order valence-corrected chi connectivity index (χ4v) is 1.69. The summed E-state index contributed by atoms with van der Waals surface area (Å²) < 4.78 is 45.2. The Kier molecular flexibility index (Phi) is 2.64. The Balaban J connectivity index is 2.58. The average molecular weight is 243 g/mol. The second-order valence-electron chi connectivity index (χ2n) is 4.67. The van der Waals surface area contributed by atoms with E-state index < -0.39 is 23.0 Å². The molecule has 0 saturated carbocycles. The lowest BCUT2D eigenvalue weighted by atomic mass is 10.1. The van der Waals surface area contributed by atoms with Crippen molar-refractivity contribution in [1.82, 2.24) is 0 Å². The molecule has 1 aliphatic heterocycles. The summed E-state index contributed by atoms with van der Waals surface area (Å²) in [4.78, 5) is 4.15. The minimum absolute atomic E-state index is 0.0314. The zero-order valence-electron chi connectivity index (χ0n) is 9.77. The van der Waals surface area contributed by atoms with Gasteiger partial charge in [0.2, 0.25) is 5.90 Å². The molecule has 0 radical (unpaired) electrons. The van der Waals surface area contributed by atoms with E-state index in [1.165, 1.54) is 6.92 Å². The van der Waals surface area contributed by atoms with E-state index in [2.05, 4.69) is 4.99 Å². The predicted molar refractivity (Wildman–Crippen MR) is 57.6 cm³/mol. The van der Waals surface area contributed by atoms with Gasteiger partial charge in [-0.15, -0.1) is 0 Å². The minimum Gasteiger partial charge on any atom is -0.475 e. The maximum Gasteiger partial charge on any atom is 0.220 e. The van der Waals surface area contributed by atoms with E-state index in [-0.39, 0.29) is 17.0 Å². The molecule has 2 rings (SSSR count). The first-order valence-electron chi connectivity index (χ1n) is 5.19. The minimum atomic E-state index is -1.21. The van der Waals surface area contributed by atoms with Gasteiger partial charge in [0.1, 0.15) is 12.4 Å². The standard InChI is InChI=1S/C12H12F3NO/c1-6-9(7(13)4-8(14)10(6)15)11-16-12(2,3)5-17-11/h4H,5H2,1-3H3. The van der Waals surface area contributed by atoms with Crippen molar-refractivity contribution in [2.75, 3.05) is 6.61 Å². The lowest BCUT2D eigenvalue weighted by Crippen LogP contribution is -2.17. The first-order chi connectivity index (χ1) is 7.82. The Labute approximate surface area is 97.1 Å². The summed E-state index contributed by atoms with van der Waals surface area (Å²) in [6, 6.07) is 0.509. The molecule has 0 unspecified atom stereocenters. The zero-order valence-corrected chi connectivity index (χ0v) is 9.77. The third-order valence-corrected chi connectivity index (χ3v) is 2.59. The Bertz CT molecular complexity index is 509. The summed E-state index contributed by atoms with van der Waals surface area (Å²) in [6.45, 7) is 5.22. The quantitative estimate of drug-likeness (QED) is 0.695. The van der Waals surface area contributed by atoms with Gasteiger partial charge in [-0.2, -0.15) is 0 Å². The molecule has 0 bridgehead atoms. The van der Waals surface area contributed by atoms with E-state index in [1.807, 2.05) is 13.8 Å². The van der Waals surface area contributed by atoms with Crippen LogP contribution in [0.1, 0.15) is 25.0 Å². The van der Waals surface area contributed by atoms with Gasteiger partial charge in [-0.1, -0.05) is 0 Å². The van der Waals surface area contributed by atoms with Crippen molar-refractivity contribution in [2.24, 2.45) is 4.99 Å². The van der Waals surface area contributed by atoms with Gasteiger partial charge in [-0.25, -0.2) is 18.2 Å². The van der Waals surface area contributed by atoms with Gasteiger partial charge in [0, 0.05) is 11.6 Å². The van der Waals surface area contributed by atoms with Crippen molar-refractivity contribution in [2.45, 2.75) is 26.3 Å². The van der Waals surface area contributed by atoms with E-state index >= 15 is 0 Å². The third kappa shape index (κ3) is 2.01. The molecule has 0 fully saturated rings. The molecule has 0 aromatic heterocycles. The molecule has 0 spiro atoms. The second kappa shape index (κ2) is 3.75. The second-order valence-corrected chi connectivity index (χ2v) is 4.67. The highest BCUT2D eigenvalue weighted by Crippen LogP contribution is 2.26. The Hall–Kier alpha value is -1.52. The van der Waals surface area contributed by atoms with E-state index in [0.717, 1.165) is 0 Å². The number of benzene rings is 1. The van der Waals surface area contributed by atoms with Crippen LogP contribution in [0, 0.1) is 24.4 Å². The Morgan fingerprint density at radius 2 is 1.88 bits per heavy atom. The molecule has 0 saturated heterocycles. The summed E-state index contributed by atoms with van der Waals surface area (Å²) in [5, 5.41) is 0. The van der Waals surface area contributed by atoms with Crippen LogP contribution < -0.4 is 0 Å². The lowest BCUT2D eigenvalue weighted by Gasteiger charge is -2.08. The van der Waals surface area contributed by atoms with Crippen LogP contribution in [0.2, 0.25) is 0 Å². The van der Waals surface area contributed by atoms with Gasteiger partial charge in [0.05, 0.1) is 11.1 Å². The molecule has 1 aliphatic rings. The van der Waals surface area contributed by atoms with Gasteiger partial charge in [0.15, 0.2) is 11.6 Å². The first-order valence-corrected chi connectivity index (χ1v) is 5.19. The fraction of sp³-hybridized carbons (Fsp3) is 0.417. The van der Waals surface area contributed by atoms with Crippen molar-refractivity contribution in [3.05, 3.63) is 34.6 Å². The smallest absolute Gasteiger partial charge is 0.220 e. The van der Waals surface area contributed by atoms with Crippen LogP contribution in [0.25, 0.3) is 0 Å². The molecule has 5 heteroatoms. The van der Waals surface area contributed by atoms with Gasteiger partial charge < -0.3 is 4.74 Å². The molecule has 0 aliphatic carbocycles. The molecule has 92 valence electrons. The summed E-state index contributed by atoms with van der Waals surface area (Å²) >= 11 is 0. The first kappa shape index (κ1) is 12.0. The molecule has 0 atom stereocenters. The van der Waals surface area contributed by atoms with Crippen LogP contribution in [0.4, 0.5) is 13.2 Å². The fourth-order valence-electron chi connectivity index (χ4n) is 1.69. The molecule has 1 aromatic rings. The monoisotopic (exact) mass is 243 g/mol. The number of ether oxygens (including phenoxy) is 1. The van der Waals surface area contributed by atoms with Crippen molar-refractivity contribution in [3.8, 4) is 0 Å². The molecule has 2 nitrogen and oxygen atoms in total. The summed E-state index contributed by atoms with van der Waals surface area (Å²) in [6.07, 6.45) is 0. The van der Waals surface area contributed by atoms with Gasteiger partial charge in [-0.05, 0) is 20.8 Å². The number of aliphatic imine (C=N–C) groups is 1. The maximum absolute atomic E-state index is 13.6. The third-order valence-electron chi connectivity index (χ3n) is 2.59. The van der Waals surface area contributed by atoms with Gasteiger partial charge >= 0.3 is 0 Å². The topological polar surface area (TPSA) is 21.6 Å². The van der Waals surface area contributed by atoms with Crippen molar-refractivity contribution >= 4 is 5.90 Å². The van der Waals surface area contributed by atoms with Crippen molar-refractivity contribution in [3.63, 3.8) is 0 Å². The van der Waals surface area contributed by atoms with Crippen LogP contribution in [0.5, 0.6) is 0 Å². The molecular weight excluding hydrogens is 231 g/mol. The largest absolute Gasteiger partial charge is 0.475 e. The van der Waals surface area contributed by atoms with E-state index in [4.69, 9.17) is 4.74 Å². The maximum atomic E-state index is 13.6. The van der Waals surface area contributed by atoms with Crippen LogP contribution in [-0.4, -0.2) is 18.0 Å². The zero-order chi connectivity index (χ0) is 12.8. The highest BCUT2D eigenvalue weighted by molar-refractivity contribution is 5.97. The highest BCUT2D eigenvalue weighted by atomic mass is 19.2. The van der Waals surface area contributed by atoms with Crippen molar-refractivity contribution < 1.29 is 17.9 Å². The molecule has 1 aromatic carbocycles. The molecule has 0 amide bonds. The van der Waals surface area contributed by atoms with Crippen LogP contribution in [-0.2, 0) is 4.74 Å². The molecule has 0 N–H and O–H groups in total. The van der Waals surface area contributed by atoms with Crippen LogP contribution >= 0.6 is 0 Å². The highest BCUT2D eigenvalue weighted by Gasteiger charge is 2.30. The van der Waals surface area contributed by atoms with Gasteiger partial charge in [-0.3, -0.25) is 0 Å². The summed E-state index contributed by atoms with van der Waals surface area (Å²) in [7, 11) is 0. The number of hydrogen-bond donors (Lipinski definition) is 0.